The minimum absolute atomic E-state index is 0. The number of aromatic carboxylic acids is 1. The molecule has 2 N–H and O–H groups in total. The number of hydrogen-bond donors (Lipinski definition) is 2. The van der Waals surface area contributed by atoms with Gasteiger partial charge in [-0.25, -0.2) is 14.8 Å². The molecule has 0 amide bonds. The Labute approximate surface area is 167 Å². The summed E-state index contributed by atoms with van der Waals surface area (Å²) in [6.45, 7) is 1.78. The molecular formula is C15H13Cl2F3N4O2S. The number of carbonyl (C=O) groups is 1. The Hall–Kier alpha value is -2.17. The Bertz CT molecular complexity index is 938. The lowest BCUT2D eigenvalue weighted by Gasteiger charge is -2.14. The minimum atomic E-state index is -4.57. The molecule has 3 rings (SSSR count). The molecule has 3 aromatic rings. The molecule has 12 heteroatoms. The van der Waals surface area contributed by atoms with Crippen LogP contribution in [0.2, 0.25) is 0 Å². The molecule has 1 atom stereocenters. The highest BCUT2D eigenvalue weighted by Crippen LogP contribution is 2.38. The van der Waals surface area contributed by atoms with Crippen molar-refractivity contribution in [1.29, 1.82) is 0 Å². The number of rotatable bonds is 4. The first-order valence-corrected chi connectivity index (χ1v) is 7.86. The molecule has 0 saturated carbocycles. The van der Waals surface area contributed by atoms with Crippen LogP contribution in [-0.4, -0.2) is 26.0 Å². The Kier molecular flexibility index (Phi) is 7.35. The zero-order chi connectivity index (χ0) is 18.2. The summed E-state index contributed by atoms with van der Waals surface area (Å²) < 4.78 is 38.5. The van der Waals surface area contributed by atoms with Crippen LogP contribution in [-0.2, 0) is 6.18 Å². The van der Waals surface area contributed by atoms with E-state index in [-0.39, 0.29) is 47.0 Å². The predicted octanol–water partition coefficient (Wildman–Crippen LogP) is 4.82. The van der Waals surface area contributed by atoms with E-state index < -0.39 is 22.7 Å². The molecule has 146 valence electrons. The maximum atomic E-state index is 12.9. The van der Waals surface area contributed by atoms with E-state index >= 15 is 0 Å². The topological polar surface area (TPSA) is 88.0 Å². The number of carboxylic acids is 1. The molecule has 3 aromatic heterocycles. The Morgan fingerprint density at radius 1 is 1.30 bits per heavy atom. The van der Waals surface area contributed by atoms with E-state index in [4.69, 9.17) is 0 Å². The maximum absolute atomic E-state index is 12.9. The number of anilines is 1. The molecule has 27 heavy (non-hydrogen) atoms. The Morgan fingerprint density at radius 3 is 2.56 bits per heavy atom. The van der Waals surface area contributed by atoms with Crippen LogP contribution in [0.5, 0.6) is 0 Å². The zero-order valence-corrected chi connectivity index (χ0v) is 16.0. The van der Waals surface area contributed by atoms with E-state index in [2.05, 4.69) is 20.3 Å². The molecule has 0 aromatic carbocycles. The maximum Gasteiger partial charge on any atom is 0.425 e. The molecule has 0 bridgehead atoms. The second-order valence-corrected chi connectivity index (χ2v) is 6.23. The van der Waals surface area contributed by atoms with E-state index in [1.165, 1.54) is 0 Å². The zero-order valence-electron chi connectivity index (χ0n) is 13.5. The highest BCUT2D eigenvalue weighted by Gasteiger charge is 2.34. The normalized spacial score (nSPS) is 12.0. The summed E-state index contributed by atoms with van der Waals surface area (Å²) in [6, 6.07) is 4.05. The van der Waals surface area contributed by atoms with Gasteiger partial charge >= 0.3 is 12.1 Å². The Morgan fingerprint density at radius 2 is 2.00 bits per heavy atom. The van der Waals surface area contributed by atoms with Gasteiger partial charge in [-0.2, -0.15) is 13.2 Å². The number of alkyl halides is 3. The summed E-state index contributed by atoms with van der Waals surface area (Å²) in [5, 5.41) is 12.2. The fraction of sp³-hybridized carbons (Fsp3) is 0.200. The fourth-order valence-corrected chi connectivity index (χ4v) is 3.13. The van der Waals surface area contributed by atoms with Crippen molar-refractivity contribution in [3.05, 3.63) is 46.7 Å². The number of fused-ring (bicyclic) bond motifs is 1. The molecule has 0 saturated heterocycles. The number of hydrogen-bond acceptors (Lipinski definition) is 6. The van der Waals surface area contributed by atoms with E-state index in [9.17, 15) is 23.1 Å². The summed E-state index contributed by atoms with van der Waals surface area (Å²) in [7, 11) is 0. The second-order valence-electron chi connectivity index (χ2n) is 5.18. The van der Waals surface area contributed by atoms with Gasteiger partial charge in [0.25, 0.3) is 0 Å². The molecule has 0 fully saturated rings. The number of pyridine rings is 1. The van der Waals surface area contributed by atoms with Gasteiger partial charge in [0.2, 0.25) is 5.95 Å². The quantitative estimate of drug-likeness (QED) is 0.604. The lowest BCUT2D eigenvalue weighted by molar-refractivity contribution is -0.134. The fourth-order valence-electron chi connectivity index (χ4n) is 2.19. The summed E-state index contributed by atoms with van der Waals surface area (Å²) in [4.78, 5) is 22.3. The molecule has 0 aliphatic heterocycles. The summed E-state index contributed by atoms with van der Waals surface area (Å²) in [5.41, 5.74) is 0.265. The largest absolute Gasteiger partial charge is 0.476 e. The van der Waals surface area contributed by atoms with Crippen LogP contribution in [0.3, 0.4) is 0 Å². The molecule has 6 nitrogen and oxygen atoms in total. The monoisotopic (exact) mass is 440 g/mol. The van der Waals surface area contributed by atoms with E-state index in [1.54, 1.807) is 31.5 Å². The number of nitrogens with one attached hydrogen (secondary N) is 1. The van der Waals surface area contributed by atoms with Crippen LogP contribution >= 0.6 is 36.2 Å². The Balaban J connectivity index is 0.00000182. The molecular weight excluding hydrogens is 428 g/mol. The number of thiophene rings is 1. The lowest BCUT2D eigenvalue weighted by Crippen LogP contribution is -2.12. The molecule has 3 heterocycles. The predicted molar refractivity (Wildman–Crippen MR) is 100 cm³/mol. The smallest absolute Gasteiger partial charge is 0.425 e. The SMILES string of the molecule is C[C@H](Nc1nc(C(=O)O)c2sc(C(F)(F)F)cc2n1)c1cccnc1.Cl.Cl. The van der Waals surface area contributed by atoms with Crippen LogP contribution in [0.15, 0.2) is 30.6 Å². The number of carboxylic acid groups (broad SMARTS) is 1. The lowest BCUT2D eigenvalue weighted by atomic mass is 10.1. The van der Waals surface area contributed by atoms with Gasteiger partial charge in [-0.1, -0.05) is 6.07 Å². The van der Waals surface area contributed by atoms with Gasteiger partial charge in [0.05, 0.1) is 16.3 Å². The molecule has 0 unspecified atom stereocenters. The second kappa shape index (κ2) is 8.68. The van der Waals surface area contributed by atoms with Crippen molar-refractivity contribution in [3.8, 4) is 0 Å². The van der Waals surface area contributed by atoms with Gasteiger partial charge in [0, 0.05) is 12.4 Å². The van der Waals surface area contributed by atoms with Gasteiger partial charge in [-0.15, -0.1) is 36.2 Å². The van der Waals surface area contributed by atoms with Crippen LogP contribution in [0.25, 0.3) is 10.2 Å². The third-order valence-corrected chi connectivity index (χ3v) is 4.56. The van der Waals surface area contributed by atoms with Gasteiger partial charge in [-0.3, -0.25) is 4.98 Å². The highest BCUT2D eigenvalue weighted by atomic mass is 35.5. The minimum Gasteiger partial charge on any atom is -0.476 e. The first-order valence-electron chi connectivity index (χ1n) is 7.04. The average molecular weight is 441 g/mol. The molecule has 0 radical (unpaired) electrons. The number of nitrogens with zero attached hydrogens (tertiary/aromatic N) is 3. The van der Waals surface area contributed by atoms with Crippen molar-refractivity contribution in [3.63, 3.8) is 0 Å². The summed E-state index contributed by atoms with van der Waals surface area (Å²) >= 11 is 0.315. The number of aromatic nitrogens is 3. The first kappa shape index (κ1) is 22.9. The van der Waals surface area contributed by atoms with Crippen molar-refractivity contribution in [2.24, 2.45) is 0 Å². The average Bonchev–Trinajstić information content (AvgIpc) is 2.99. The molecule has 0 aliphatic rings. The van der Waals surface area contributed by atoms with Crippen LogP contribution in [0, 0.1) is 0 Å². The third-order valence-electron chi connectivity index (χ3n) is 3.38. The van der Waals surface area contributed by atoms with Crippen LogP contribution in [0.4, 0.5) is 19.1 Å². The van der Waals surface area contributed by atoms with Gasteiger partial charge in [-0.05, 0) is 24.6 Å². The van der Waals surface area contributed by atoms with Crippen molar-refractivity contribution in [2.75, 3.05) is 5.32 Å². The molecule has 0 aliphatic carbocycles. The standard InChI is InChI=1S/C15H11F3N4O2S.2ClH/c1-7(8-3-2-4-19-6-8)20-14-21-9-5-10(15(16,17)18)25-12(9)11(22-14)13(23)24;;/h2-7H,1H3,(H,23,24)(H,20,21,22);2*1H/t7-;;/m0../s1. The third kappa shape index (κ3) is 4.96. The van der Waals surface area contributed by atoms with Crippen molar-refractivity contribution >= 4 is 58.3 Å². The first-order chi connectivity index (χ1) is 11.8. The van der Waals surface area contributed by atoms with Crippen molar-refractivity contribution in [1.82, 2.24) is 15.0 Å². The summed E-state index contributed by atoms with van der Waals surface area (Å²) in [5.74, 6) is -1.48. The van der Waals surface area contributed by atoms with Crippen molar-refractivity contribution in [2.45, 2.75) is 19.1 Å². The number of halogens is 5. The van der Waals surface area contributed by atoms with E-state index in [0.717, 1.165) is 11.6 Å². The van der Waals surface area contributed by atoms with Crippen LogP contribution < -0.4 is 5.32 Å². The highest BCUT2D eigenvalue weighted by molar-refractivity contribution is 7.19. The summed E-state index contributed by atoms with van der Waals surface area (Å²) in [6.07, 6.45) is -1.36. The van der Waals surface area contributed by atoms with Gasteiger partial charge in [0.15, 0.2) is 5.69 Å². The van der Waals surface area contributed by atoms with Crippen molar-refractivity contribution < 1.29 is 23.1 Å². The van der Waals surface area contributed by atoms with Gasteiger partial charge in [0.1, 0.15) is 4.88 Å². The van der Waals surface area contributed by atoms with Gasteiger partial charge < -0.3 is 10.4 Å². The van der Waals surface area contributed by atoms with E-state index in [1.807, 2.05) is 0 Å². The molecule has 0 spiro atoms. The van der Waals surface area contributed by atoms with Crippen LogP contribution in [0.1, 0.15) is 33.9 Å². The van der Waals surface area contributed by atoms with E-state index in [0.29, 0.717) is 11.3 Å².